The van der Waals surface area contributed by atoms with Gasteiger partial charge in [-0.25, -0.2) is 17.2 Å². The molecule has 1 heterocycles. The lowest BCUT2D eigenvalue weighted by Gasteiger charge is -2.30. The molecule has 1 amide bonds. The van der Waals surface area contributed by atoms with E-state index in [0.717, 1.165) is 39.9 Å². The molecule has 0 aliphatic rings. The highest BCUT2D eigenvalue weighted by Crippen LogP contribution is 2.24. The summed E-state index contributed by atoms with van der Waals surface area (Å²) in [5.41, 5.74) is 1.57. The number of aryl methyl sites for hydroxylation is 1. The molecule has 3 aromatic rings. The molecular formula is C21H22F2N4O4S. The fraction of sp³-hybridized carbons (Fsp3) is 0.286. The molecule has 0 aliphatic carbocycles. The van der Waals surface area contributed by atoms with Gasteiger partial charge in [-0.15, -0.1) is 0 Å². The fourth-order valence-electron chi connectivity index (χ4n) is 3.28. The van der Waals surface area contributed by atoms with Gasteiger partial charge in [0.25, 0.3) is 0 Å². The molecule has 11 heteroatoms. The molecule has 0 aliphatic heterocycles. The van der Waals surface area contributed by atoms with E-state index in [1.807, 2.05) is 31.2 Å². The zero-order valence-corrected chi connectivity index (χ0v) is 18.7. The molecular weight excluding hydrogens is 442 g/mol. The lowest BCUT2D eigenvalue weighted by molar-refractivity contribution is -0.131. The van der Waals surface area contributed by atoms with E-state index in [0.29, 0.717) is 5.82 Å². The first-order valence-electron chi connectivity index (χ1n) is 9.57. The molecule has 1 unspecified atom stereocenters. The quantitative estimate of drug-likeness (QED) is 0.533. The molecule has 3 rings (SSSR count). The van der Waals surface area contributed by atoms with Gasteiger partial charge in [-0.05, 0) is 31.5 Å². The SMILES string of the molecule is Cc1ccccc1-c1noc(CN(C)C(=O)C(C)N(c2ccc(F)c(F)c2)S(C)(=O)=O)n1. The first-order chi connectivity index (χ1) is 15.0. The summed E-state index contributed by atoms with van der Waals surface area (Å²) in [7, 11) is -2.54. The first-order valence-corrected chi connectivity index (χ1v) is 11.4. The number of halogens is 2. The number of nitrogens with zero attached hydrogens (tertiary/aromatic N) is 4. The summed E-state index contributed by atoms with van der Waals surface area (Å²) in [4.78, 5) is 18.5. The first kappa shape index (κ1) is 23.3. The summed E-state index contributed by atoms with van der Waals surface area (Å²) in [5.74, 6) is -2.43. The van der Waals surface area contributed by atoms with Crippen LogP contribution >= 0.6 is 0 Å². The summed E-state index contributed by atoms with van der Waals surface area (Å²) in [6.45, 7) is 3.19. The topological polar surface area (TPSA) is 96.6 Å². The van der Waals surface area contributed by atoms with Crippen LogP contribution in [0.15, 0.2) is 47.0 Å². The number of benzene rings is 2. The third-order valence-corrected chi connectivity index (χ3v) is 6.07. The van der Waals surface area contributed by atoms with Crippen LogP contribution in [0, 0.1) is 18.6 Å². The van der Waals surface area contributed by atoms with Crippen molar-refractivity contribution < 1.29 is 26.5 Å². The highest BCUT2D eigenvalue weighted by molar-refractivity contribution is 7.92. The predicted octanol–water partition coefficient (Wildman–Crippen LogP) is 3.14. The van der Waals surface area contributed by atoms with Crippen LogP contribution < -0.4 is 4.31 Å². The van der Waals surface area contributed by atoms with Gasteiger partial charge in [0.2, 0.25) is 27.6 Å². The Bertz CT molecular complexity index is 1250. The zero-order chi connectivity index (χ0) is 23.6. The van der Waals surface area contributed by atoms with Gasteiger partial charge in [0.1, 0.15) is 6.04 Å². The van der Waals surface area contributed by atoms with Crippen LogP contribution in [0.2, 0.25) is 0 Å². The van der Waals surface area contributed by atoms with Gasteiger partial charge in [-0.3, -0.25) is 9.10 Å². The maximum Gasteiger partial charge on any atom is 0.246 e. The molecule has 0 N–H and O–H groups in total. The van der Waals surface area contributed by atoms with E-state index in [1.54, 1.807) is 0 Å². The molecule has 32 heavy (non-hydrogen) atoms. The van der Waals surface area contributed by atoms with Crippen LogP contribution in [0.1, 0.15) is 18.4 Å². The summed E-state index contributed by atoms with van der Waals surface area (Å²) in [5, 5.41) is 3.94. The van der Waals surface area contributed by atoms with Gasteiger partial charge in [0.05, 0.1) is 18.5 Å². The third kappa shape index (κ3) is 4.93. The molecule has 0 bridgehead atoms. The Morgan fingerprint density at radius 3 is 2.47 bits per heavy atom. The minimum Gasteiger partial charge on any atom is -0.337 e. The van der Waals surface area contributed by atoms with Crippen molar-refractivity contribution in [2.45, 2.75) is 26.4 Å². The number of carbonyl (C=O) groups is 1. The molecule has 1 atom stereocenters. The van der Waals surface area contributed by atoms with Crippen molar-refractivity contribution in [1.82, 2.24) is 15.0 Å². The Balaban J connectivity index is 1.81. The van der Waals surface area contributed by atoms with Gasteiger partial charge >= 0.3 is 0 Å². The largest absolute Gasteiger partial charge is 0.337 e. The minimum atomic E-state index is -3.99. The fourth-order valence-corrected chi connectivity index (χ4v) is 4.44. The summed E-state index contributed by atoms with van der Waals surface area (Å²) in [6, 6.07) is 8.85. The molecule has 0 radical (unpaired) electrons. The second-order valence-electron chi connectivity index (χ2n) is 7.35. The zero-order valence-electron chi connectivity index (χ0n) is 17.9. The molecule has 8 nitrogen and oxygen atoms in total. The Hall–Kier alpha value is -3.34. The summed E-state index contributed by atoms with van der Waals surface area (Å²) in [6.07, 6.45) is 0.879. The number of aromatic nitrogens is 2. The van der Waals surface area contributed by atoms with Crippen LogP contribution in [-0.2, 0) is 21.4 Å². The van der Waals surface area contributed by atoms with E-state index in [4.69, 9.17) is 4.52 Å². The minimum absolute atomic E-state index is 0.0720. The number of carbonyl (C=O) groups excluding carboxylic acids is 1. The van der Waals surface area contributed by atoms with Gasteiger partial charge in [0, 0.05) is 18.7 Å². The van der Waals surface area contributed by atoms with Crippen molar-refractivity contribution in [1.29, 1.82) is 0 Å². The molecule has 0 fully saturated rings. The highest BCUT2D eigenvalue weighted by atomic mass is 32.2. The van der Waals surface area contributed by atoms with Gasteiger partial charge in [-0.1, -0.05) is 29.4 Å². The van der Waals surface area contributed by atoms with Crippen LogP contribution in [0.5, 0.6) is 0 Å². The number of likely N-dealkylation sites (N-methyl/N-ethyl adjacent to an activating group) is 1. The standard InChI is InChI=1S/C21H22F2N4O4S/c1-13-7-5-6-8-16(13)20-24-19(31-25-20)12-26(3)21(28)14(2)27(32(4,29)30)15-9-10-17(22)18(23)11-15/h5-11,14H,12H2,1-4H3. The average molecular weight is 464 g/mol. The van der Waals surface area contributed by atoms with Gasteiger partial charge in [-0.2, -0.15) is 4.98 Å². The molecule has 170 valence electrons. The van der Waals surface area contributed by atoms with Crippen LogP contribution in [-0.4, -0.2) is 48.7 Å². The smallest absolute Gasteiger partial charge is 0.246 e. The van der Waals surface area contributed by atoms with Crippen molar-refractivity contribution in [3.63, 3.8) is 0 Å². The van der Waals surface area contributed by atoms with E-state index >= 15 is 0 Å². The Kier molecular flexibility index (Phi) is 6.58. The van der Waals surface area contributed by atoms with E-state index < -0.39 is 33.6 Å². The number of rotatable bonds is 7. The molecule has 0 saturated heterocycles. The summed E-state index contributed by atoms with van der Waals surface area (Å²) >= 11 is 0. The Labute approximate surface area is 184 Å². The van der Waals surface area contributed by atoms with Gasteiger partial charge in [0.15, 0.2) is 11.6 Å². The molecule has 0 saturated carbocycles. The summed E-state index contributed by atoms with van der Waals surface area (Å²) < 4.78 is 57.7. The number of sulfonamides is 1. The van der Waals surface area contributed by atoms with Gasteiger partial charge < -0.3 is 9.42 Å². The van der Waals surface area contributed by atoms with Crippen molar-refractivity contribution in [3.05, 3.63) is 65.6 Å². The van der Waals surface area contributed by atoms with Crippen LogP contribution in [0.3, 0.4) is 0 Å². The second kappa shape index (κ2) is 9.03. The van der Waals surface area contributed by atoms with Crippen molar-refractivity contribution in [2.75, 3.05) is 17.6 Å². The Morgan fingerprint density at radius 1 is 1.16 bits per heavy atom. The maximum atomic E-state index is 13.7. The van der Waals surface area contributed by atoms with E-state index in [1.165, 1.54) is 18.9 Å². The van der Waals surface area contributed by atoms with Crippen LogP contribution in [0.4, 0.5) is 14.5 Å². The normalized spacial score (nSPS) is 12.4. The third-order valence-electron chi connectivity index (χ3n) is 4.83. The number of amides is 1. The number of hydrogen-bond donors (Lipinski definition) is 0. The van der Waals surface area contributed by atoms with Crippen LogP contribution in [0.25, 0.3) is 11.4 Å². The molecule has 2 aromatic carbocycles. The number of anilines is 1. The second-order valence-corrected chi connectivity index (χ2v) is 9.21. The van der Waals surface area contributed by atoms with Crippen molar-refractivity contribution >= 4 is 21.6 Å². The van der Waals surface area contributed by atoms with E-state index in [2.05, 4.69) is 10.1 Å². The van der Waals surface area contributed by atoms with E-state index in [-0.39, 0.29) is 18.1 Å². The van der Waals surface area contributed by atoms with Crippen molar-refractivity contribution in [3.8, 4) is 11.4 Å². The highest BCUT2D eigenvalue weighted by Gasteiger charge is 2.32. The maximum absolute atomic E-state index is 13.7. The predicted molar refractivity (Wildman–Crippen MR) is 114 cm³/mol. The number of hydrogen-bond acceptors (Lipinski definition) is 6. The monoisotopic (exact) mass is 464 g/mol. The molecule has 1 aromatic heterocycles. The van der Waals surface area contributed by atoms with Crippen molar-refractivity contribution in [2.24, 2.45) is 0 Å². The molecule has 0 spiro atoms. The lowest BCUT2D eigenvalue weighted by atomic mass is 10.1. The average Bonchev–Trinajstić information content (AvgIpc) is 3.17. The van der Waals surface area contributed by atoms with E-state index in [9.17, 15) is 22.0 Å². The Morgan fingerprint density at radius 2 is 1.84 bits per heavy atom. The lowest BCUT2D eigenvalue weighted by Crippen LogP contribution is -2.48.